The number of aromatic hydroxyl groups is 1. The van der Waals surface area contributed by atoms with E-state index in [0.717, 1.165) is 23.0 Å². The molecule has 0 aliphatic heterocycles. The van der Waals surface area contributed by atoms with Crippen LogP contribution >= 0.6 is 0 Å². The van der Waals surface area contributed by atoms with Crippen LogP contribution in [0.1, 0.15) is 63.9 Å². The Morgan fingerprint density at radius 1 is 1.00 bits per heavy atom. The third-order valence-corrected chi connectivity index (χ3v) is 5.98. The van der Waals surface area contributed by atoms with Gasteiger partial charge in [0.1, 0.15) is 0 Å². The van der Waals surface area contributed by atoms with Crippen molar-refractivity contribution in [1.82, 2.24) is 0 Å². The van der Waals surface area contributed by atoms with Crippen molar-refractivity contribution in [2.45, 2.75) is 58.3 Å². The van der Waals surface area contributed by atoms with Crippen molar-refractivity contribution in [2.24, 2.45) is 11.8 Å². The Morgan fingerprint density at radius 2 is 1.64 bits per heavy atom. The van der Waals surface area contributed by atoms with Crippen LogP contribution in [0, 0.1) is 17.7 Å². The summed E-state index contributed by atoms with van der Waals surface area (Å²) in [5.41, 5.74) is 3.21. The third kappa shape index (κ3) is 4.23. The average molecular weight is 340 g/mol. The summed E-state index contributed by atoms with van der Waals surface area (Å²) in [4.78, 5) is 0. The first-order valence-electron chi connectivity index (χ1n) is 9.67. The Labute approximate surface area is 150 Å². The number of benzene rings is 2. The summed E-state index contributed by atoms with van der Waals surface area (Å²) in [7, 11) is 0. The van der Waals surface area contributed by atoms with Gasteiger partial charge in [-0.3, -0.25) is 0 Å². The quantitative estimate of drug-likeness (QED) is 0.627. The van der Waals surface area contributed by atoms with Gasteiger partial charge in [-0.15, -0.1) is 0 Å². The molecule has 1 N–H and O–H groups in total. The topological polar surface area (TPSA) is 20.2 Å². The molecular weight excluding hydrogens is 311 g/mol. The molecule has 0 spiro atoms. The molecule has 0 aromatic heterocycles. The minimum absolute atomic E-state index is 0.297. The van der Waals surface area contributed by atoms with E-state index in [4.69, 9.17) is 0 Å². The molecule has 1 atom stereocenters. The molecular formula is C23H29FO. The van der Waals surface area contributed by atoms with Crippen LogP contribution in [-0.4, -0.2) is 5.11 Å². The summed E-state index contributed by atoms with van der Waals surface area (Å²) in [5.74, 6) is 1.55. The van der Waals surface area contributed by atoms with E-state index in [2.05, 4.69) is 38.1 Å². The van der Waals surface area contributed by atoms with Crippen LogP contribution < -0.4 is 0 Å². The smallest absolute Gasteiger partial charge is 0.165 e. The van der Waals surface area contributed by atoms with Crippen LogP contribution in [0.3, 0.4) is 0 Å². The Kier molecular flexibility index (Phi) is 5.78. The van der Waals surface area contributed by atoms with Crippen LogP contribution in [0.5, 0.6) is 5.75 Å². The molecule has 0 radical (unpaired) electrons. The summed E-state index contributed by atoms with van der Waals surface area (Å²) in [5, 5.41) is 9.32. The molecule has 0 saturated heterocycles. The molecule has 1 fully saturated rings. The molecule has 0 amide bonds. The first-order valence-corrected chi connectivity index (χ1v) is 9.67. The zero-order valence-electron chi connectivity index (χ0n) is 15.3. The normalized spacial score (nSPS) is 21.9. The minimum Gasteiger partial charge on any atom is -0.505 e. The minimum atomic E-state index is -0.568. The van der Waals surface area contributed by atoms with Crippen molar-refractivity contribution in [2.75, 3.05) is 0 Å². The fourth-order valence-electron chi connectivity index (χ4n) is 4.35. The lowest BCUT2D eigenvalue weighted by Gasteiger charge is -2.32. The highest BCUT2D eigenvalue weighted by molar-refractivity contribution is 5.64. The lowest BCUT2D eigenvalue weighted by molar-refractivity contribution is 0.235. The molecule has 134 valence electrons. The first kappa shape index (κ1) is 18.0. The van der Waals surface area contributed by atoms with Crippen LogP contribution in [0.4, 0.5) is 4.39 Å². The van der Waals surface area contributed by atoms with E-state index in [1.54, 1.807) is 6.07 Å². The van der Waals surface area contributed by atoms with Gasteiger partial charge in [0.15, 0.2) is 11.6 Å². The maximum atomic E-state index is 13.5. The first-order chi connectivity index (χ1) is 12.1. The zero-order chi connectivity index (χ0) is 17.8. The van der Waals surface area contributed by atoms with Crippen LogP contribution in [0.15, 0.2) is 42.5 Å². The Hall–Kier alpha value is -1.83. The number of hydrogen-bond acceptors (Lipinski definition) is 1. The molecule has 1 aliphatic carbocycles. The Bertz CT molecular complexity index is 684. The largest absolute Gasteiger partial charge is 0.505 e. The molecule has 1 unspecified atom stereocenters. The third-order valence-electron chi connectivity index (χ3n) is 5.98. The Morgan fingerprint density at radius 3 is 2.24 bits per heavy atom. The summed E-state index contributed by atoms with van der Waals surface area (Å²) in [6.07, 6.45) is 7.90. The van der Waals surface area contributed by atoms with Crippen LogP contribution in [-0.2, 0) is 0 Å². The van der Waals surface area contributed by atoms with Crippen molar-refractivity contribution in [3.63, 3.8) is 0 Å². The summed E-state index contributed by atoms with van der Waals surface area (Å²) in [6.45, 7) is 4.70. The second kappa shape index (κ2) is 8.03. The molecule has 0 bridgehead atoms. The second-order valence-electron chi connectivity index (χ2n) is 7.67. The van der Waals surface area contributed by atoms with E-state index in [0.29, 0.717) is 5.92 Å². The van der Waals surface area contributed by atoms with E-state index in [1.165, 1.54) is 56.2 Å². The Balaban J connectivity index is 1.64. The molecule has 1 aliphatic rings. The van der Waals surface area contributed by atoms with Gasteiger partial charge < -0.3 is 5.11 Å². The zero-order valence-corrected chi connectivity index (χ0v) is 15.3. The molecule has 1 nitrogen and oxygen atoms in total. The number of rotatable bonds is 5. The second-order valence-corrected chi connectivity index (χ2v) is 7.67. The van der Waals surface area contributed by atoms with Gasteiger partial charge in [-0.05, 0) is 72.3 Å². The fraction of sp³-hybridized carbons (Fsp3) is 0.478. The van der Waals surface area contributed by atoms with Gasteiger partial charge in [0.2, 0.25) is 0 Å². The lowest BCUT2D eigenvalue weighted by Crippen LogP contribution is -2.19. The van der Waals surface area contributed by atoms with Gasteiger partial charge in [0, 0.05) is 0 Å². The number of phenols is 1. The molecule has 2 aromatic carbocycles. The lowest BCUT2D eigenvalue weighted by atomic mass is 9.73. The molecule has 25 heavy (non-hydrogen) atoms. The van der Waals surface area contributed by atoms with Gasteiger partial charge in [0.25, 0.3) is 0 Å². The van der Waals surface area contributed by atoms with Crippen molar-refractivity contribution < 1.29 is 9.50 Å². The van der Waals surface area contributed by atoms with Gasteiger partial charge in [0.05, 0.1) is 0 Å². The fourth-order valence-corrected chi connectivity index (χ4v) is 4.35. The predicted octanol–water partition coefficient (Wildman–Crippen LogP) is 6.91. The van der Waals surface area contributed by atoms with Crippen LogP contribution in [0.2, 0.25) is 0 Å². The van der Waals surface area contributed by atoms with Crippen molar-refractivity contribution in [1.29, 1.82) is 0 Å². The summed E-state index contributed by atoms with van der Waals surface area (Å²) >= 11 is 0. The van der Waals surface area contributed by atoms with Crippen molar-refractivity contribution in [3.8, 4) is 16.9 Å². The number of phenolic OH excluding ortho intramolecular Hbond substituents is 1. The predicted molar refractivity (Wildman–Crippen MR) is 102 cm³/mol. The van der Waals surface area contributed by atoms with Gasteiger partial charge >= 0.3 is 0 Å². The maximum Gasteiger partial charge on any atom is 0.165 e. The highest BCUT2D eigenvalue weighted by atomic mass is 19.1. The van der Waals surface area contributed by atoms with Gasteiger partial charge in [-0.1, -0.05) is 57.0 Å². The highest BCUT2D eigenvalue weighted by Crippen LogP contribution is 2.40. The van der Waals surface area contributed by atoms with E-state index in [1.807, 2.05) is 0 Å². The van der Waals surface area contributed by atoms with Crippen molar-refractivity contribution >= 4 is 0 Å². The monoisotopic (exact) mass is 340 g/mol. The standard InChI is InChI=1S/C23H29FO/c1-3-4-16(2)17-5-7-18(8-6-17)19-9-11-20(12-10-19)21-13-14-23(25)22(24)15-21/h9-18,25H,3-8H2,1-2H3. The molecule has 2 aromatic rings. The number of hydrogen-bond donors (Lipinski definition) is 1. The molecule has 1 saturated carbocycles. The number of halogens is 1. The summed E-state index contributed by atoms with van der Waals surface area (Å²) in [6, 6.07) is 13.1. The van der Waals surface area contributed by atoms with Crippen LogP contribution in [0.25, 0.3) is 11.1 Å². The average Bonchev–Trinajstić information content (AvgIpc) is 2.64. The SMILES string of the molecule is CCCC(C)C1CCC(c2ccc(-c3ccc(O)c(F)c3)cc2)CC1. The molecule has 3 rings (SSSR count). The molecule has 2 heteroatoms. The van der Waals surface area contributed by atoms with E-state index >= 15 is 0 Å². The highest BCUT2D eigenvalue weighted by Gasteiger charge is 2.25. The summed E-state index contributed by atoms with van der Waals surface area (Å²) < 4.78 is 13.5. The van der Waals surface area contributed by atoms with E-state index < -0.39 is 5.82 Å². The van der Waals surface area contributed by atoms with E-state index in [-0.39, 0.29) is 5.75 Å². The van der Waals surface area contributed by atoms with Gasteiger partial charge in [-0.2, -0.15) is 0 Å². The van der Waals surface area contributed by atoms with Gasteiger partial charge in [-0.25, -0.2) is 4.39 Å². The molecule has 0 heterocycles. The maximum absolute atomic E-state index is 13.5. The van der Waals surface area contributed by atoms with E-state index in [9.17, 15) is 9.50 Å². The van der Waals surface area contributed by atoms with Crippen molar-refractivity contribution in [3.05, 3.63) is 53.8 Å².